The van der Waals surface area contributed by atoms with Crippen molar-refractivity contribution >= 4 is 10.9 Å². The summed E-state index contributed by atoms with van der Waals surface area (Å²) in [4.78, 5) is 4.85. The predicted octanol–water partition coefficient (Wildman–Crippen LogP) is 5.88. The third-order valence-electron chi connectivity index (χ3n) is 4.16. The highest BCUT2D eigenvalue weighted by atomic mass is 14.7. The molecule has 0 bridgehead atoms. The first-order valence-corrected chi connectivity index (χ1v) is 7.83. The number of para-hydroxylation sites is 1. The molecule has 0 saturated carbocycles. The van der Waals surface area contributed by atoms with E-state index in [-0.39, 0.29) is 0 Å². The molecule has 0 spiro atoms. The molecule has 110 valence electrons. The van der Waals surface area contributed by atoms with E-state index < -0.39 is 0 Å². The van der Waals surface area contributed by atoms with Crippen molar-refractivity contribution < 1.29 is 0 Å². The Balaban J connectivity index is 1.89. The number of pyridine rings is 1. The molecule has 0 N–H and O–H groups in total. The minimum atomic E-state index is 1.01. The van der Waals surface area contributed by atoms with Gasteiger partial charge in [0, 0.05) is 10.9 Å². The standard InChI is InChI=1S/C22H17N/c1-16-10-12-17(13-11-16)19-7-3-4-8-20(19)22-15-14-18-6-2-5-9-21(18)23-22/h2-15H,1H3. The van der Waals surface area contributed by atoms with Gasteiger partial charge < -0.3 is 0 Å². The van der Waals surface area contributed by atoms with Crippen LogP contribution >= 0.6 is 0 Å². The second-order valence-corrected chi connectivity index (χ2v) is 5.80. The molecule has 4 rings (SSSR count). The summed E-state index contributed by atoms with van der Waals surface area (Å²) in [5, 5.41) is 1.17. The van der Waals surface area contributed by atoms with Crippen molar-refractivity contribution in [1.82, 2.24) is 4.98 Å². The van der Waals surface area contributed by atoms with Gasteiger partial charge in [-0.05, 0) is 30.2 Å². The van der Waals surface area contributed by atoms with Gasteiger partial charge >= 0.3 is 0 Å². The van der Waals surface area contributed by atoms with Crippen molar-refractivity contribution in [2.45, 2.75) is 6.92 Å². The lowest BCUT2D eigenvalue weighted by molar-refractivity contribution is 1.39. The van der Waals surface area contributed by atoms with Gasteiger partial charge in [-0.25, -0.2) is 4.98 Å². The summed E-state index contributed by atoms with van der Waals surface area (Å²) in [6, 6.07) is 29.6. The summed E-state index contributed by atoms with van der Waals surface area (Å²) in [7, 11) is 0. The maximum atomic E-state index is 4.85. The molecule has 0 saturated heterocycles. The van der Waals surface area contributed by atoms with E-state index in [0.29, 0.717) is 0 Å². The van der Waals surface area contributed by atoms with Gasteiger partial charge in [0.2, 0.25) is 0 Å². The highest BCUT2D eigenvalue weighted by Gasteiger charge is 2.08. The van der Waals surface area contributed by atoms with E-state index in [4.69, 9.17) is 4.98 Å². The Morgan fingerprint density at radius 1 is 0.609 bits per heavy atom. The van der Waals surface area contributed by atoms with Crippen LogP contribution in [0.15, 0.2) is 84.9 Å². The van der Waals surface area contributed by atoms with E-state index in [0.717, 1.165) is 11.2 Å². The Kier molecular flexibility index (Phi) is 3.39. The molecule has 0 radical (unpaired) electrons. The van der Waals surface area contributed by atoms with Gasteiger partial charge in [0.25, 0.3) is 0 Å². The van der Waals surface area contributed by atoms with Gasteiger partial charge in [-0.15, -0.1) is 0 Å². The van der Waals surface area contributed by atoms with Gasteiger partial charge in [-0.1, -0.05) is 78.4 Å². The summed E-state index contributed by atoms with van der Waals surface area (Å²) in [6.45, 7) is 2.11. The molecule has 0 aliphatic heterocycles. The van der Waals surface area contributed by atoms with Crippen LogP contribution in [-0.4, -0.2) is 4.98 Å². The van der Waals surface area contributed by atoms with Crippen molar-refractivity contribution in [2.75, 3.05) is 0 Å². The molecule has 0 fully saturated rings. The molecule has 1 heterocycles. The van der Waals surface area contributed by atoms with E-state index in [2.05, 4.69) is 79.7 Å². The normalized spacial score (nSPS) is 10.8. The lowest BCUT2D eigenvalue weighted by Gasteiger charge is -2.10. The molecule has 0 atom stereocenters. The van der Waals surface area contributed by atoms with Gasteiger partial charge in [0.15, 0.2) is 0 Å². The Bertz CT molecular complexity index is 968. The maximum absolute atomic E-state index is 4.85. The smallest absolute Gasteiger partial charge is 0.0715 e. The Morgan fingerprint density at radius 2 is 1.30 bits per heavy atom. The van der Waals surface area contributed by atoms with Crippen LogP contribution in [0.5, 0.6) is 0 Å². The largest absolute Gasteiger partial charge is 0.248 e. The molecular formula is C22H17N. The minimum Gasteiger partial charge on any atom is -0.248 e. The van der Waals surface area contributed by atoms with E-state index >= 15 is 0 Å². The van der Waals surface area contributed by atoms with Crippen LogP contribution in [0.1, 0.15) is 5.56 Å². The first-order chi connectivity index (χ1) is 11.3. The molecule has 1 aromatic heterocycles. The molecular weight excluding hydrogens is 278 g/mol. The fraction of sp³-hybridized carbons (Fsp3) is 0.0455. The van der Waals surface area contributed by atoms with E-state index in [1.165, 1.54) is 27.6 Å². The number of rotatable bonds is 2. The van der Waals surface area contributed by atoms with Crippen LogP contribution in [0.2, 0.25) is 0 Å². The zero-order valence-electron chi connectivity index (χ0n) is 13.0. The van der Waals surface area contributed by atoms with Gasteiger partial charge in [0.1, 0.15) is 0 Å². The molecule has 4 aromatic rings. The minimum absolute atomic E-state index is 1.01. The zero-order chi connectivity index (χ0) is 15.6. The first-order valence-electron chi connectivity index (χ1n) is 7.83. The van der Waals surface area contributed by atoms with Crippen molar-refractivity contribution in [3.8, 4) is 22.4 Å². The Labute approximate surface area is 136 Å². The second kappa shape index (κ2) is 5.69. The van der Waals surface area contributed by atoms with Gasteiger partial charge in [0.05, 0.1) is 11.2 Å². The van der Waals surface area contributed by atoms with E-state index in [1.54, 1.807) is 0 Å². The number of hydrogen-bond donors (Lipinski definition) is 0. The summed E-state index contributed by atoms with van der Waals surface area (Å²) < 4.78 is 0. The number of aromatic nitrogens is 1. The predicted molar refractivity (Wildman–Crippen MR) is 97.4 cm³/mol. The third kappa shape index (κ3) is 2.62. The monoisotopic (exact) mass is 295 g/mol. The molecule has 0 aliphatic carbocycles. The van der Waals surface area contributed by atoms with E-state index in [9.17, 15) is 0 Å². The van der Waals surface area contributed by atoms with Gasteiger partial charge in [-0.2, -0.15) is 0 Å². The molecule has 23 heavy (non-hydrogen) atoms. The highest BCUT2D eigenvalue weighted by molar-refractivity contribution is 5.86. The fourth-order valence-electron chi connectivity index (χ4n) is 2.91. The summed E-state index contributed by atoms with van der Waals surface area (Å²) in [5.74, 6) is 0. The average Bonchev–Trinajstić information content (AvgIpc) is 2.62. The van der Waals surface area contributed by atoms with Gasteiger partial charge in [-0.3, -0.25) is 0 Å². The number of nitrogens with zero attached hydrogens (tertiary/aromatic N) is 1. The maximum Gasteiger partial charge on any atom is 0.0715 e. The van der Waals surface area contributed by atoms with Crippen molar-refractivity contribution in [2.24, 2.45) is 0 Å². The fourth-order valence-corrected chi connectivity index (χ4v) is 2.91. The lowest BCUT2D eigenvalue weighted by atomic mass is 9.96. The average molecular weight is 295 g/mol. The van der Waals surface area contributed by atoms with Crippen LogP contribution in [0.25, 0.3) is 33.3 Å². The second-order valence-electron chi connectivity index (χ2n) is 5.80. The van der Waals surface area contributed by atoms with Crippen LogP contribution in [-0.2, 0) is 0 Å². The summed E-state index contributed by atoms with van der Waals surface area (Å²) in [6.07, 6.45) is 0. The van der Waals surface area contributed by atoms with Crippen molar-refractivity contribution in [3.63, 3.8) is 0 Å². The van der Waals surface area contributed by atoms with Crippen LogP contribution < -0.4 is 0 Å². The van der Waals surface area contributed by atoms with Crippen molar-refractivity contribution in [3.05, 3.63) is 90.5 Å². The SMILES string of the molecule is Cc1ccc(-c2ccccc2-c2ccc3ccccc3n2)cc1. The molecule has 0 unspecified atom stereocenters. The van der Waals surface area contributed by atoms with Crippen molar-refractivity contribution in [1.29, 1.82) is 0 Å². The first kappa shape index (κ1) is 13.7. The van der Waals surface area contributed by atoms with E-state index in [1.807, 2.05) is 12.1 Å². The van der Waals surface area contributed by atoms with Crippen LogP contribution in [0.3, 0.4) is 0 Å². The summed E-state index contributed by atoms with van der Waals surface area (Å²) in [5.41, 5.74) is 6.93. The number of hydrogen-bond acceptors (Lipinski definition) is 1. The van der Waals surface area contributed by atoms with Crippen LogP contribution in [0.4, 0.5) is 0 Å². The molecule has 1 nitrogen and oxygen atoms in total. The summed E-state index contributed by atoms with van der Waals surface area (Å²) >= 11 is 0. The molecule has 0 amide bonds. The Hall–Kier alpha value is -2.93. The highest BCUT2D eigenvalue weighted by Crippen LogP contribution is 2.31. The number of aryl methyl sites for hydroxylation is 1. The zero-order valence-corrected chi connectivity index (χ0v) is 13.0. The quantitative estimate of drug-likeness (QED) is 0.450. The molecule has 1 heteroatoms. The molecule has 0 aliphatic rings. The van der Waals surface area contributed by atoms with Crippen LogP contribution in [0, 0.1) is 6.92 Å². The Morgan fingerprint density at radius 3 is 2.13 bits per heavy atom. The number of fused-ring (bicyclic) bond motifs is 1. The topological polar surface area (TPSA) is 12.9 Å². The molecule has 3 aromatic carbocycles. The third-order valence-corrected chi connectivity index (χ3v) is 4.16. The number of benzene rings is 3. The lowest BCUT2D eigenvalue weighted by Crippen LogP contribution is -1.89.